The highest BCUT2D eigenvalue weighted by Gasteiger charge is 2.22. The zero-order chi connectivity index (χ0) is 14.5. The summed E-state index contributed by atoms with van der Waals surface area (Å²) in [6.07, 6.45) is 3.37. The number of ether oxygens (including phenoxy) is 1. The van der Waals surface area contributed by atoms with Crippen LogP contribution in [0.2, 0.25) is 0 Å². The van der Waals surface area contributed by atoms with Gasteiger partial charge in [-0.2, -0.15) is 0 Å². The van der Waals surface area contributed by atoms with Gasteiger partial charge in [0.2, 0.25) is 0 Å². The lowest BCUT2D eigenvalue weighted by atomic mass is 10.1. The predicted molar refractivity (Wildman–Crippen MR) is 87.8 cm³/mol. The Balaban J connectivity index is 1.56. The second-order valence-electron chi connectivity index (χ2n) is 5.37. The first-order valence-electron chi connectivity index (χ1n) is 7.45. The van der Waals surface area contributed by atoms with Gasteiger partial charge in [0.1, 0.15) is 0 Å². The first-order valence-corrected chi connectivity index (χ1v) is 8.33. The molecule has 1 N–H and O–H groups in total. The summed E-state index contributed by atoms with van der Waals surface area (Å²) >= 11 is 2.01. The smallest absolute Gasteiger partial charge is 0.0587 e. The van der Waals surface area contributed by atoms with Gasteiger partial charge in [-0.15, -0.1) is 11.8 Å². The lowest BCUT2D eigenvalue weighted by Crippen LogP contribution is -2.22. The summed E-state index contributed by atoms with van der Waals surface area (Å²) < 4.78 is 7.44. The number of thioether (sulfide) groups is 1. The van der Waals surface area contributed by atoms with Gasteiger partial charge in [0.15, 0.2) is 0 Å². The molecular weight excluding hydrogens is 280 g/mol. The lowest BCUT2D eigenvalue weighted by molar-refractivity contribution is 0.199. The number of nitrogens with zero attached hydrogens (tertiary/aromatic N) is 1. The van der Waals surface area contributed by atoms with Crippen LogP contribution in [-0.4, -0.2) is 30.1 Å². The number of aromatic nitrogens is 1. The Morgan fingerprint density at radius 2 is 2.19 bits per heavy atom. The summed E-state index contributed by atoms with van der Waals surface area (Å²) in [5.41, 5.74) is 2.85. The third-order valence-corrected chi connectivity index (χ3v) is 5.13. The van der Waals surface area contributed by atoms with Crippen molar-refractivity contribution < 1.29 is 4.74 Å². The summed E-state index contributed by atoms with van der Waals surface area (Å²) in [5, 5.41) is 4.06. The summed E-state index contributed by atoms with van der Waals surface area (Å²) in [4.78, 5) is 1.45. The maximum Gasteiger partial charge on any atom is 0.0587 e. The van der Waals surface area contributed by atoms with Gasteiger partial charge in [0, 0.05) is 48.8 Å². The number of benzene rings is 1. The third kappa shape index (κ3) is 3.70. The average Bonchev–Trinajstić information content (AvgIpc) is 3.10. The minimum absolute atomic E-state index is 0.646. The van der Waals surface area contributed by atoms with Gasteiger partial charge >= 0.3 is 0 Å². The highest BCUT2D eigenvalue weighted by molar-refractivity contribution is 8.00. The number of nitrogens with one attached hydrogen (secondary N) is 1. The van der Waals surface area contributed by atoms with E-state index < -0.39 is 0 Å². The lowest BCUT2D eigenvalue weighted by Gasteiger charge is -2.14. The molecule has 2 heterocycles. The maximum atomic E-state index is 5.06. The van der Waals surface area contributed by atoms with Crippen LogP contribution in [0, 0.1) is 0 Å². The van der Waals surface area contributed by atoms with Crippen LogP contribution in [0.15, 0.2) is 47.5 Å². The van der Waals surface area contributed by atoms with E-state index in [0.29, 0.717) is 5.25 Å². The molecule has 112 valence electrons. The Kier molecular flexibility index (Phi) is 5.01. The molecule has 0 amide bonds. The van der Waals surface area contributed by atoms with Gasteiger partial charge in [-0.25, -0.2) is 0 Å². The molecule has 1 aromatic heterocycles. The van der Waals surface area contributed by atoms with E-state index >= 15 is 0 Å². The van der Waals surface area contributed by atoms with Crippen molar-refractivity contribution in [1.29, 1.82) is 0 Å². The van der Waals surface area contributed by atoms with Crippen molar-refractivity contribution in [3.8, 4) is 0 Å². The molecule has 0 saturated heterocycles. The summed E-state index contributed by atoms with van der Waals surface area (Å²) in [6.45, 7) is 3.63. The first-order chi connectivity index (χ1) is 10.4. The Morgan fingerprint density at radius 3 is 3.05 bits per heavy atom. The molecule has 0 bridgehead atoms. The highest BCUT2D eigenvalue weighted by Crippen LogP contribution is 2.37. The fourth-order valence-electron chi connectivity index (χ4n) is 2.75. The van der Waals surface area contributed by atoms with Crippen molar-refractivity contribution in [2.24, 2.45) is 0 Å². The van der Waals surface area contributed by atoms with Crippen LogP contribution in [0.4, 0.5) is 0 Å². The summed E-state index contributed by atoms with van der Waals surface area (Å²) in [6, 6.07) is 13.1. The number of fused-ring (bicyclic) bond motifs is 1. The summed E-state index contributed by atoms with van der Waals surface area (Å²) in [5.74, 6) is 0. The topological polar surface area (TPSA) is 26.2 Å². The zero-order valence-electron chi connectivity index (χ0n) is 12.4. The van der Waals surface area contributed by atoms with Gasteiger partial charge in [0.05, 0.1) is 6.61 Å². The monoisotopic (exact) mass is 302 g/mol. The van der Waals surface area contributed by atoms with Crippen molar-refractivity contribution in [3.05, 3.63) is 53.9 Å². The van der Waals surface area contributed by atoms with Crippen molar-refractivity contribution >= 4 is 11.8 Å². The number of rotatable bonds is 7. The number of hydrogen-bond donors (Lipinski definition) is 1. The Morgan fingerprint density at radius 1 is 1.29 bits per heavy atom. The molecule has 1 atom stereocenters. The van der Waals surface area contributed by atoms with Crippen molar-refractivity contribution in [2.75, 3.05) is 20.3 Å². The Labute approximate surface area is 130 Å². The standard InChI is InChI=1S/C17H22N2OS/c1-20-10-8-18-12-15-6-4-9-19(15)13-16-11-14-5-2-3-7-17(14)21-16/h2-7,9,16,18H,8,10-13H2,1H3. The first kappa shape index (κ1) is 14.7. The van der Waals surface area contributed by atoms with Gasteiger partial charge in [0.25, 0.3) is 0 Å². The molecule has 3 nitrogen and oxygen atoms in total. The fourth-order valence-corrected chi connectivity index (χ4v) is 4.07. The van der Waals surface area contributed by atoms with E-state index in [-0.39, 0.29) is 0 Å². The zero-order valence-corrected chi connectivity index (χ0v) is 13.2. The largest absolute Gasteiger partial charge is 0.383 e. The van der Waals surface area contributed by atoms with Crippen LogP contribution in [0.3, 0.4) is 0 Å². The molecular formula is C17H22N2OS. The number of hydrogen-bond acceptors (Lipinski definition) is 3. The molecule has 0 spiro atoms. The van der Waals surface area contributed by atoms with E-state index in [9.17, 15) is 0 Å². The Bertz CT molecular complexity index is 557. The molecule has 1 aliphatic rings. The van der Waals surface area contributed by atoms with Crippen LogP contribution in [0.1, 0.15) is 11.3 Å². The molecule has 1 aliphatic heterocycles. The van der Waals surface area contributed by atoms with Crippen LogP contribution in [-0.2, 0) is 24.2 Å². The molecule has 4 heteroatoms. The third-order valence-electron chi connectivity index (χ3n) is 3.83. The second kappa shape index (κ2) is 7.16. The maximum absolute atomic E-state index is 5.06. The van der Waals surface area contributed by atoms with E-state index in [1.165, 1.54) is 22.6 Å². The molecule has 0 saturated carbocycles. The SMILES string of the molecule is COCCNCc1cccn1CC1Cc2ccccc2S1. The quantitative estimate of drug-likeness (QED) is 0.797. The van der Waals surface area contributed by atoms with Crippen molar-refractivity contribution in [3.63, 3.8) is 0 Å². The highest BCUT2D eigenvalue weighted by atomic mass is 32.2. The second-order valence-corrected chi connectivity index (χ2v) is 6.72. The molecule has 21 heavy (non-hydrogen) atoms. The Hall–Kier alpha value is -1.23. The van der Waals surface area contributed by atoms with Gasteiger partial charge in [-0.05, 0) is 30.2 Å². The normalized spacial score (nSPS) is 17.1. The molecule has 1 unspecified atom stereocenters. The molecule has 0 fully saturated rings. The summed E-state index contributed by atoms with van der Waals surface area (Å²) in [7, 11) is 1.74. The van der Waals surface area contributed by atoms with E-state index in [2.05, 4.69) is 52.5 Å². The molecule has 3 rings (SSSR count). The number of methoxy groups -OCH3 is 1. The molecule has 0 aliphatic carbocycles. The molecule has 0 radical (unpaired) electrons. The van der Waals surface area contributed by atoms with Crippen LogP contribution in [0.5, 0.6) is 0 Å². The van der Waals surface area contributed by atoms with Crippen LogP contribution < -0.4 is 5.32 Å². The van der Waals surface area contributed by atoms with E-state index in [0.717, 1.165) is 26.2 Å². The fraction of sp³-hybridized carbons (Fsp3) is 0.412. The van der Waals surface area contributed by atoms with E-state index in [1.807, 2.05) is 11.8 Å². The van der Waals surface area contributed by atoms with E-state index in [4.69, 9.17) is 4.74 Å². The minimum Gasteiger partial charge on any atom is -0.383 e. The molecule has 2 aromatic rings. The van der Waals surface area contributed by atoms with Gasteiger partial charge < -0.3 is 14.6 Å². The molecule has 1 aromatic carbocycles. The average molecular weight is 302 g/mol. The van der Waals surface area contributed by atoms with Gasteiger partial charge in [-0.3, -0.25) is 0 Å². The van der Waals surface area contributed by atoms with Crippen molar-refractivity contribution in [2.45, 2.75) is 29.7 Å². The predicted octanol–water partition coefficient (Wildman–Crippen LogP) is 2.94. The van der Waals surface area contributed by atoms with Crippen LogP contribution >= 0.6 is 11.8 Å². The minimum atomic E-state index is 0.646. The van der Waals surface area contributed by atoms with E-state index in [1.54, 1.807) is 7.11 Å². The van der Waals surface area contributed by atoms with Crippen molar-refractivity contribution in [1.82, 2.24) is 9.88 Å². The van der Waals surface area contributed by atoms with Crippen LogP contribution in [0.25, 0.3) is 0 Å². The van der Waals surface area contributed by atoms with Gasteiger partial charge in [-0.1, -0.05) is 18.2 Å².